The summed E-state index contributed by atoms with van der Waals surface area (Å²) in [7, 11) is 0. The second-order valence-electron chi connectivity index (χ2n) is 5.84. The molecule has 134 valence electrons. The van der Waals surface area contributed by atoms with Gasteiger partial charge in [-0.15, -0.1) is 11.3 Å². The van der Waals surface area contributed by atoms with Gasteiger partial charge in [-0.2, -0.15) is 0 Å². The summed E-state index contributed by atoms with van der Waals surface area (Å²) in [5.41, 5.74) is 0.984. The Hall–Kier alpha value is -2.22. The highest BCUT2D eigenvalue weighted by Crippen LogP contribution is 2.37. The van der Waals surface area contributed by atoms with E-state index in [0.29, 0.717) is 37.6 Å². The lowest BCUT2D eigenvalue weighted by molar-refractivity contribution is -0.121. The minimum absolute atomic E-state index is 0.138. The van der Waals surface area contributed by atoms with Crippen molar-refractivity contribution in [2.45, 2.75) is 0 Å². The van der Waals surface area contributed by atoms with Gasteiger partial charge in [0.2, 0.25) is 0 Å². The molecule has 0 atom stereocenters. The Morgan fingerprint density at radius 2 is 1.88 bits per heavy atom. The average molecular weight is 393 g/mol. The van der Waals surface area contributed by atoms with Crippen LogP contribution in [0.25, 0.3) is 5.57 Å². The fourth-order valence-electron chi connectivity index (χ4n) is 3.10. The summed E-state index contributed by atoms with van der Waals surface area (Å²) in [5.74, 6) is -1.46. The Morgan fingerprint density at radius 3 is 2.54 bits per heavy atom. The number of rotatable bonds is 3. The number of imide groups is 1. The first-order valence-corrected chi connectivity index (χ1v) is 9.28. The first kappa shape index (κ1) is 17.2. The zero-order chi connectivity index (χ0) is 18.3. The molecule has 0 unspecified atom stereocenters. The summed E-state index contributed by atoms with van der Waals surface area (Å²) in [6.45, 7) is 2.04. The van der Waals surface area contributed by atoms with Crippen molar-refractivity contribution in [1.82, 2.24) is 4.90 Å². The molecule has 0 spiro atoms. The maximum Gasteiger partial charge on any atom is 0.282 e. The van der Waals surface area contributed by atoms with Crippen LogP contribution in [0.4, 0.5) is 10.1 Å². The van der Waals surface area contributed by atoms with E-state index in [4.69, 9.17) is 16.3 Å². The molecule has 4 rings (SSSR count). The number of carbonyl (C=O) groups is 2. The third kappa shape index (κ3) is 2.82. The quantitative estimate of drug-likeness (QED) is 0.753. The van der Waals surface area contributed by atoms with Crippen LogP contribution in [-0.4, -0.2) is 43.0 Å². The zero-order valence-corrected chi connectivity index (χ0v) is 15.1. The minimum Gasteiger partial charge on any atom is -0.378 e. The van der Waals surface area contributed by atoms with Crippen LogP contribution in [0.15, 0.2) is 41.4 Å². The van der Waals surface area contributed by atoms with Crippen LogP contribution < -0.4 is 4.90 Å². The molecule has 5 nitrogen and oxygen atoms in total. The third-order valence-corrected chi connectivity index (χ3v) is 5.49. The van der Waals surface area contributed by atoms with Crippen molar-refractivity contribution in [3.63, 3.8) is 0 Å². The van der Waals surface area contributed by atoms with E-state index in [2.05, 4.69) is 0 Å². The van der Waals surface area contributed by atoms with Crippen LogP contribution in [0.2, 0.25) is 5.02 Å². The van der Waals surface area contributed by atoms with Gasteiger partial charge in [-0.05, 0) is 29.6 Å². The second kappa shape index (κ2) is 6.83. The number of morpholine rings is 1. The van der Waals surface area contributed by atoms with E-state index in [1.54, 1.807) is 0 Å². The van der Waals surface area contributed by atoms with Crippen LogP contribution in [0.5, 0.6) is 0 Å². The first-order chi connectivity index (χ1) is 12.6. The van der Waals surface area contributed by atoms with Crippen molar-refractivity contribution in [2.24, 2.45) is 0 Å². The Morgan fingerprint density at radius 1 is 1.12 bits per heavy atom. The van der Waals surface area contributed by atoms with Gasteiger partial charge in [0.05, 0.1) is 29.5 Å². The highest BCUT2D eigenvalue weighted by atomic mass is 35.5. The van der Waals surface area contributed by atoms with Crippen molar-refractivity contribution in [2.75, 3.05) is 31.2 Å². The summed E-state index contributed by atoms with van der Waals surface area (Å²) in [5, 5.41) is 1.72. The van der Waals surface area contributed by atoms with E-state index < -0.39 is 17.6 Å². The molecule has 1 aromatic heterocycles. The molecule has 2 aliphatic rings. The molecule has 3 heterocycles. The summed E-state index contributed by atoms with van der Waals surface area (Å²) in [4.78, 5) is 29.9. The Bertz CT molecular complexity index is 907. The fourth-order valence-corrected chi connectivity index (χ4v) is 4.04. The van der Waals surface area contributed by atoms with Crippen LogP contribution >= 0.6 is 22.9 Å². The first-order valence-electron chi connectivity index (χ1n) is 8.02. The third-order valence-electron chi connectivity index (χ3n) is 4.32. The number of anilines is 1. The molecular weight excluding hydrogens is 379 g/mol. The SMILES string of the molecule is O=C1C(c2cccs2)=C(N2CCOCC2)C(=O)N1c1ccc(F)c(Cl)c1. The molecule has 0 bridgehead atoms. The van der Waals surface area contributed by atoms with Crippen molar-refractivity contribution in [3.05, 3.63) is 57.1 Å². The predicted octanol–water partition coefficient (Wildman–Crippen LogP) is 3.16. The van der Waals surface area contributed by atoms with E-state index in [-0.39, 0.29) is 10.7 Å². The lowest BCUT2D eigenvalue weighted by Gasteiger charge is -2.29. The summed E-state index contributed by atoms with van der Waals surface area (Å²) in [6.07, 6.45) is 0. The van der Waals surface area contributed by atoms with Gasteiger partial charge >= 0.3 is 0 Å². The largest absolute Gasteiger partial charge is 0.378 e. The number of carbonyl (C=O) groups excluding carboxylic acids is 2. The van der Waals surface area contributed by atoms with E-state index in [1.165, 1.54) is 23.5 Å². The van der Waals surface area contributed by atoms with Crippen LogP contribution in [0, 0.1) is 5.82 Å². The normalized spacial score (nSPS) is 18.2. The molecule has 26 heavy (non-hydrogen) atoms. The molecule has 0 saturated carbocycles. The van der Waals surface area contributed by atoms with Crippen LogP contribution in [0.3, 0.4) is 0 Å². The molecule has 1 fully saturated rings. The van der Waals surface area contributed by atoms with Crippen molar-refractivity contribution in [1.29, 1.82) is 0 Å². The number of ether oxygens (including phenoxy) is 1. The van der Waals surface area contributed by atoms with Crippen molar-refractivity contribution >= 4 is 46.0 Å². The Balaban J connectivity index is 1.81. The number of amides is 2. The van der Waals surface area contributed by atoms with Gasteiger partial charge in [-0.1, -0.05) is 17.7 Å². The molecular formula is C18H14ClFN2O3S. The number of nitrogens with zero attached hydrogens (tertiary/aromatic N) is 2. The average Bonchev–Trinajstić information content (AvgIpc) is 3.25. The standard InChI is InChI=1S/C18H14ClFN2O3S/c19-12-10-11(3-4-13(12)20)22-17(23)15(14-2-1-9-26-14)16(18(22)24)21-5-7-25-8-6-21/h1-4,9-10H,5-8H2. The topological polar surface area (TPSA) is 49.9 Å². The fraction of sp³-hybridized carbons (Fsp3) is 0.222. The second-order valence-corrected chi connectivity index (χ2v) is 7.20. The molecule has 2 aliphatic heterocycles. The maximum atomic E-state index is 13.5. The molecule has 0 N–H and O–H groups in total. The van der Waals surface area contributed by atoms with Crippen LogP contribution in [-0.2, 0) is 14.3 Å². The number of hydrogen-bond donors (Lipinski definition) is 0. The molecule has 2 amide bonds. The number of thiophene rings is 1. The summed E-state index contributed by atoms with van der Waals surface area (Å²) in [6, 6.07) is 7.47. The van der Waals surface area contributed by atoms with Gasteiger partial charge in [-0.3, -0.25) is 9.59 Å². The number of hydrogen-bond acceptors (Lipinski definition) is 5. The van der Waals surface area contributed by atoms with Crippen LogP contribution in [0.1, 0.15) is 4.88 Å². The van der Waals surface area contributed by atoms with Gasteiger partial charge in [0.25, 0.3) is 11.8 Å². The lowest BCUT2D eigenvalue weighted by atomic mass is 10.1. The number of benzene rings is 1. The molecule has 1 aromatic carbocycles. The molecule has 8 heteroatoms. The van der Waals surface area contributed by atoms with Gasteiger partial charge in [0.1, 0.15) is 11.5 Å². The Labute approximate surface area is 158 Å². The highest BCUT2D eigenvalue weighted by Gasteiger charge is 2.43. The van der Waals surface area contributed by atoms with Gasteiger partial charge < -0.3 is 9.64 Å². The molecule has 2 aromatic rings. The zero-order valence-electron chi connectivity index (χ0n) is 13.6. The summed E-state index contributed by atoms with van der Waals surface area (Å²) >= 11 is 7.24. The molecule has 1 saturated heterocycles. The smallest absolute Gasteiger partial charge is 0.282 e. The van der Waals surface area contributed by atoms with Gasteiger partial charge in [0, 0.05) is 18.0 Å². The number of halogens is 2. The summed E-state index contributed by atoms with van der Waals surface area (Å²) < 4.78 is 18.9. The minimum atomic E-state index is -0.602. The lowest BCUT2D eigenvalue weighted by Crippen LogP contribution is -2.40. The van der Waals surface area contributed by atoms with Crippen molar-refractivity contribution < 1.29 is 18.7 Å². The van der Waals surface area contributed by atoms with Gasteiger partial charge in [-0.25, -0.2) is 9.29 Å². The molecule has 0 aliphatic carbocycles. The Kier molecular flexibility index (Phi) is 4.52. The van der Waals surface area contributed by atoms with E-state index in [0.717, 1.165) is 15.8 Å². The predicted molar refractivity (Wildman–Crippen MR) is 97.5 cm³/mol. The monoisotopic (exact) mass is 392 g/mol. The van der Waals surface area contributed by atoms with Crippen molar-refractivity contribution in [3.8, 4) is 0 Å². The van der Waals surface area contributed by atoms with Gasteiger partial charge in [0.15, 0.2) is 0 Å². The van der Waals surface area contributed by atoms with E-state index >= 15 is 0 Å². The maximum absolute atomic E-state index is 13.5. The van der Waals surface area contributed by atoms with E-state index in [1.807, 2.05) is 22.4 Å². The highest BCUT2D eigenvalue weighted by molar-refractivity contribution is 7.11. The van der Waals surface area contributed by atoms with E-state index in [9.17, 15) is 14.0 Å². The molecule has 0 radical (unpaired) electrons.